The van der Waals surface area contributed by atoms with Crippen molar-refractivity contribution < 1.29 is 9.53 Å². The third-order valence-corrected chi connectivity index (χ3v) is 5.67. The second-order valence-electron chi connectivity index (χ2n) is 7.30. The number of nitrogens with one attached hydrogen (secondary N) is 1. The van der Waals surface area contributed by atoms with Crippen molar-refractivity contribution in [2.75, 3.05) is 25.0 Å². The van der Waals surface area contributed by atoms with Crippen LogP contribution in [0.15, 0.2) is 48.5 Å². The first-order chi connectivity index (χ1) is 12.7. The Labute approximate surface area is 155 Å². The smallest absolute Gasteiger partial charge is 0.411 e. The highest BCUT2D eigenvalue weighted by Crippen LogP contribution is 2.30. The lowest BCUT2D eigenvalue weighted by Gasteiger charge is -2.43. The molecule has 3 aliphatic rings. The minimum absolute atomic E-state index is 0.0292. The molecular formula is C22H26N2O2. The van der Waals surface area contributed by atoms with Crippen molar-refractivity contribution in [1.29, 1.82) is 0 Å². The van der Waals surface area contributed by atoms with Crippen molar-refractivity contribution >= 4 is 11.8 Å². The van der Waals surface area contributed by atoms with E-state index in [2.05, 4.69) is 47.5 Å². The lowest BCUT2D eigenvalue weighted by molar-refractivity contribution is -0.0289. The lowest BCUT2D eigenvalue weighted by atomic mass is 9.86. The van der Waals surface area contributed by atoms with Gasteiger partial charge in [-0.05, 0) is 67.1 Å². The number of hydrogen-bond acceptors (Lipinski definition) is 3. The molecule has 4 nitrogen and oxygen atoms in total. The Bertz CT molecular complexity index is 781. The zero-order valence-electron chi connectivity index (χ0n) is 15.3. The maximum Gasteiger partial charge on any atom is 0.411 e. The number of piperidine rings is 3. The molecule has 0 spiro atoms. The molecule has 2 aromatic rings. The fourth-order valence-electron chi connectivity index (χ4n) is 4.20. The van der Waals surface area contributed by atoms with Crippen LogP contribution in [0.25, 0.3) is 11.1 Å². The van der Waals surface area contributed by atoms with Crippen molar-refractivity contribution in [1.82, 2.24) is 4.90 Å². The second kappa shape index (κ2) is 7.50. The normalized spacial score (nSPS) is 24.3. The quantitative estimate of drug-likeness (QED) is 0.879. The molecule has 1 N–H and O–H groups in total. The molecule has 5 rings (SSSR count). The molecule has 3 heterocycles. The number of hydrogen-bond donors (Lipinski definition) is 1. The van der Waals surface area contributed by atoms with Gasteiger partial charge in [0.15, 0.2) is 0 Å². The van der Waals surface area contributed by atoms with E-state index in [9.17, 15) is 4.79 Å². The Morgan fingerprint density at radius 3 is 2.69 bits per heavy atom. The van der Waals surface area contributed by atoms with E-state index in [4.69, 9.17) is 4.74 Å². The van der Waals surface area contributed by atoms with Gasteiger partial charge in [-0.2, -0.15) is 0 Å². The molecule has 1 unspecified atom stereocenters. The summed E-state index contributed by atoms with van der Waals surface area (Å²) in [5.74, 6) is 0.522. The van der Waals surface area contributed by atoms with Gasteiger partial charge < -0.3 is 4.74 Å². The number of nitrogens with zero attached hydrogens (tertiary/aromatic N) is 1. The molecule has 1 amide bonds. The van der Waals surface area contributed by atoms with Crippen LogP contribution < -0.4 is 5.32 Å². The first kappa shape index (κ1) is 17.1. The summed E-state index contributed by atoms with van der Waals surface area (Å²) in [5.41, 5.74) is 4.41. The number of carbonyl (C=O) groups excluding carboxylic acids is 1. The highest BCUT2D eigenvalue weighted by molar-refractivity contribution is 5.86. The van der Waals surface area contributed by atoms with Crippen LogP contribution in [0.5, 0.6) is 0 Å². The van der Waals surface area contributed by atoms with Gasteiger partial charge in [0.1, 0.15) is 6.10 Å². The Morgan fingerprint density at radius 2 is 1.96 bits per heavy atom. The molecule has 26 heavy (non-hydrogen) atoms. The van der Waals surface area contributed by atoms with Crippen molar-refractivity contribution in [2.24, 2.45) is 5.92 Å². The molecule has 0 saturated carbocycles. The van der Waals surface area contributed by atoms with Gasteiger partial charge in [0, 0.05) is 12.2 Å². The van der Waals surface area contributed by atoms with E-state index >= 15 is 0 Å². The topological polar surface area (TPSA) is 41.6 Å². The molecule has 1 atom stereocenters. The third kappa shape index (κ3) is 3.61. The number of aryl methyl sites for hydroxylation is 1. The van der Waals surface area contributed by atoms with Gasteiger partial charge in [-0.3, -0.25) is 10.2 Å². The number of anilines is 1. The molecule has 4 heteroatoms. The number of benzene rings is 2. The summed E-state index contributed by atoms with van der Waals surface area (Å²) in [6, 6.07) is 16.4. The van der Waals surface area contributed by atoms with Gasteiger partial charge in [-0.15, -0.1) is 0 Å². The summed E-state index contributed by atoms with van der Waals surface area (Å²) >= 11 is 0. The summed E-state index contributed by atoms with van der Waals surface area (Å²) in [6.07, 6.45) is 2.95. The first-order valence-electron chi connectivity index (χ1n) is 9.61. The highest BCUT2D eigenvalue weighted by Gasteiger charge is 2.36. The van der Waals surface area contributed by atoms with E-state index in [-0.39, 0.29) is 12.2 Å². The molecule has 2 bridgehead atoms. The summed E-state index contributed by atoms with van der Waals surface area (Å²) in [4.78, 5) is 14.8. The zero-order chi connectivity index (χ0) is 17.9. The van der Waals surface area contributed by atoms with Crippen LogP contribution in [-0.2, 0) is 11.2 Å². The third-order valence-electron chi connectivity index (χ3n) is 5.67. The Kier molecular flexibility index (Phi) is 4.93. The zero-order valence-corrected chi connectivity index (χ0v) is 15.3. The van der Waals surface area contributed by atoms with Gasteiger partial charge in [0.2, 0.25) is 0 Å². The monoisotopic (exact) mass is 350 g/mol. The lowest BCUT2D eigenvalue weighted by Crippen LogP contribution is -2.52. The van der Waals surface area contributed by atoms with Gasteiger partial charge in [-0.25, -0.2) is 4.79 Å². The van der Waals surface area contributed by atoms with Gasteiger partial charge >= 0.3 is 6.09 Å². The summed E-state index contributed by atoms with van der Waals surface area (Å²) < 4.78 is 5.73. The molecule has 3 fully saturated rings. The number of ether oxygens (including phenoxy) is 1. The van der Waals surface area contributed by atoms with Crippen LogP contribution in [-0.4, -0.2) is 36.7 Å². The van der Waals surface area contributed by atoms with Crippen LogP contribution in [0.4, 0.5) is 10.5 Å². The average molecular weight is 350 g/mol. The number of rotatable bonds is 4. The van der Waals surface area contributed by atoms with Crippen LogP contribution >= 0.6 is 0 Å². The van der Waals surface area contributed by atoms with Crippen LogP contribution in [0, 0.1) is 5.92 Å². The van der Waals surface area contributed by atoms with Crippen LogP contribution in [0.1, 0.15) is 25.3 Å². The van der Waals surface area contributed by atoms with Gasteiger partial charge in [0.05, 0.1) is 0 Å². The van der Waals surface area contributed by atoms with E-state index in [0.29, 0.717) is 5.92 Å². The predicted octanol–water partition coefficient (Wildman–Crippen LogP) is 4.56. The van der Waals surface area contributed by atoms with E-state index < -0.39 is 0 Å². The molecular weight excluding hydrogens is 324 g/mol. The van der Waals surface area contributed by atoms with Crippen molar-refractivity contribution in [2.45, 2.75) is 32.3 Å². The number of carbonyl (C=O) groups is 1. The fourth-order valence-corrected chi connectivity index (χ4v) is 4.20. The largest absolute Gasteiger partial charge is 0.444 e. The highest BCUT2D eigenvalue weighted by atomic mass is 16.6. The molecule has 3 saturated heterocycles. The fraction of sp³-hybridized carbons (Fsp3) is 0.409. The van der Waals surface area contributed by atoms with Crippen molar-refractivity contribution in [3.05, 3.63) is 54.1 Å². The Morgan fingerprint density at radius 1 is 1.15 bits per heavy atom. The molecule has 0 aromatic heterocycles. The maximum absolute atomic E-state index is 12.4. The Hall–Kier alpha value is -2.33. The molecule has 0 radical (unpaired) electrons. The maximum atomic E-state index is 12.4. The van der Waals surface area contributed by atoms with E-state index in [1.54, 1.807) is 0 Å². The number of fused-ring (bicyclic) bond motifs is 3. The molecule has 136 valence electrons. The van der Waals surface area contributed by atoms with E-state index in [1.165, 1.54) is 11.1 Å². The van der Waals surface area contributed by atoms with Gasteiger partial charge in [0.25, 0.3) is 0 Å². The standard InChI is InChI=1S/C22H26N2O2/c1-2-16-6-3-4-9-20(16)18-7-5-8-19(14-18)23-22(25)26-21-15-24-12-10-17(21)11-13-24/h3-9,14,17,21H,2,10-13,15H2,1H3,(H,23,25). The first-order valence-corrected chi connectivity index (χ1v) is 9.61. The van der Waals surface area contributed by atoms with Crippen LogP contribution in [0.2, 0.25) is 0 Å². The average Bonchev–Trinajstić information content (AvgIpc) is 2.69. The van der Waals surface area contributed by atoms with Crippen molar-refractivity contribution in [3.8, 4) is 11.1 Å². The van der Waals surface area contributed by atoms with Crippen LogP contribution in [0.3, 0.4) is 0 Å². The molecule has 2 aromatic carbocycles. The summed E-state index contributed by atoms with van der Waals surface area (Å²) in [6.45, 7) is 5.32. The Balaban J connectivity index is 1.44. The van der Waals surface area contributed by atoms with E-state index in [1.807, 2.05) is 18.2 Å². The summed E-state index contributed by atoms with van der Waals surface area (Å²) in [5, 5.41) is 2.92. The minimum atomic E-state index is -0.343. The molecule has 3 aliphatic heterocycles. The summed E-state index contributed by atoms with van der Waals surface area (Å²) in [7, 11) is 0. The second-order valence-corrected chi connectivity index (χ2v) is 7.30. The predicted molar refractivity (Wildman–Crippen MR) is 104 cm³/mol. The molecule has 0 aliphatic carbocycles. The number of amides is 1. The van der Waals surface area contributed by atoms with Gasteiger partial charge in [-0.1, -0.05) is 43.3 Å². The minimum Gasteiger partial charge on any atom is -0.444 e. The van der Waals surface area contributed by atoms with E-state index in [0.717, 1.165) is 50.1 Å². The SMILES string of the molecule is CCc1ccccc1-c1cccc(NC(=O)OC2CN3CCC2CC3)c1. The van der Waals surface area contributed by atoms with Crippen molar-refractivity contribution in [3.63, 3.8) is 0 Å².